The van der Waals surface area contributed by atoms with Crippen molar-refractivity contribution in [2.45, 2.75) is 50.4 Å². The number of carbonyl (C=O) groups excluding carboxylic acids is 1. The largest absolute Gasteiger partial charge is 0.471 e. The summed E-state index contributed by atoms with van der Waals surface area (Å²) in [5.41, 5.74) is 0.729. The van der Waals surface area contributed by atoms with Crippen LogP contribution in [-0.2, 0) is 10.9 Å². The maximum Gasteiger partial charge on any atom is 0.471 e. The molecule has 3 rings (SSSR count). The van der Waals surface area contributed by atoms with Gasteiger partial charge in [0.1, 0.15) is 0 Å². The fraction of sp³-hybridized carbons (Fsp3) is 0.500. The monoisotopic (exact) mass is 383 g/mol. The van der Waals surface area contributed by atoms with E-state index in [4.69, 9.17) is 4.74 Å². The zero-order chi connectivity index (χ0) is 19.4. The van der Waals surface area contributed by atoms with Crippen LogP contribution in [0, 0.1) is 0 Å². The molecule has 1 saturated carbocycles. The lowest BCUT2D eigenvalue weighted by atomic mass is 10.0. The van der Waals surface area contributed by atoms with E-state index in [9.17, 15) is 18.0 Å². The molecule has 1 amide bonds. The van der Waals surface area contributed by atoms with E-state index < -0.39 is 12.1 Å². The minimum Gasteiger partial charge on any atom is -0.379 e. The number of ether oxygens (including phenoxy) is 1. The van der Waals surface area contributed by atoms with Crippen molar-refractivity contribution in [1.29, 1.82) is 0 Å². The van der Waals surface area contributed by atoms with Gasteiger partial charge in [-0.3, -0.25) is 4.79 Å². The second kappa shape index (κ2) is 8.08. The first kappa shape index (κ1) is 19.3. The van der Waals surface area contributed by atoms with Crippen molar-refractivity contribution >= 4 is 5.91 Å². The number of rotatable bonds is 4. The highest BCUT2D eigenvalue weighted by atomic mass is 19.4. The molecule has 0 saturated heterocycles. The maximum atomic E-state index is 12.5. The summed E-state index contributed by atoms with van der Waals surface area (Å²) < 4.78 is 47.3. The van der Waals surface area contributed by atoms with Crippen molar-refractivity contribution in [3.8, 4) is 11.4 Å². The third-order valence-corrected chi connectivity index (χ3v) is 4.65. The Bertz CT molecular complexity index is 774. The van der Waals surface area contributed by atoms with Gasteiger partial charge in [-0.05, 0) is 25.0 Å². The Morgan fingerprint density at radius 3 is 2.52 bits per heavy atom. The zero-order valence-electron chi connectivity index (χ0n) is 14.8. The molecule has 1 heterocycles. The number of amides is 1. The summed E-state index contributed by atoms with van der Waals surface area (Å²) in [6.07, 6.45) is 0.266. The van der Waals surface area contributed by atoms with E-state index in [2.05, 4.69) is 20.0 Å². The minimum absolute atomic E-state index is 0.0177. The Hall–Kier alpha value is -2.42. The van der Waals surface area contributed by atoms with Gasteiger partial charge in [0.15, 0.2) is 0 Å². The fourth-order valence-corrected chi connectivity index (χ4v) is 3.20. The summed E-state index contributed by atoms with van der Waals surface area (Å²) in [5, 5.41) is 6.33. The van der Waals surface area contributed by atoms with Crippen molar-refractivity contribution in [2.24, 2.45) is 0 Å². The Balaban J connectivity index is 1.69. The fourth-order valence-electron chi connectivity index (χ4n) is 3.20. The SMILES string of the molecule is CO[C@@H]1CCCCC[C@@H]1NC(=O)c1ccc(-c2noc(C(F)(F)F)n2)cc1. The quantitative estimate of drug-likeness (QED) is 0.812. The average molecular weight is 383 g/mol. The normalized spacial score (nSPS) is 20.9. The summed E-state index contributed by atoms with van der Waals surface area (Å²) >= 11 is 0. The van der Waals surface area contributed by atoms with Crippen LogP contribution in [-0.4, -0.2) is 35.3 Å². The number of carbonyl (C=O) groups is 1. The highest BCUT2D eigenvalue weighted by Gasteiger charge is 2.38. The number of nitrogens with zero attached hydrogens (tertiary/aromatic N) is 2. The number of aromatic nitrogens is 2. The number of nitrogens with one attached hydrogen (secondary N) is 1. The molecule has 0 radical (unpaired) electrons. The highest BCUT2D eigenvalue weighted by molar-refractivity contribution is 5.94. The second-order valence-corrected chi connectivity index (χ2v) is 6.49. The molecule has 0 bridgehead atoms. The first-order chi connectivity index (χ1) is 12.9. The molecule has 2 aromatic rings. The lowest BCUT2D eigenvalue weighted by Crippen LogP contribution is -2.43. The summed E-state index contributed by atoms with van der Waals surface area (Å²) in [4.78, 5) is 15.8. The predicted octanol–water partition coefficient (Wildman–Crippen LogP) is 3.83. The maximum absolute atomic E-state index is 12.5. The van der Waals surface area contributed by atoms with Gasteiger partial charge in [-0.1, -0.05) is 36.6 Å². The highest BCUT2D eigenvalue weighted by Crippen LogP contribution is 2.29. The molecule has 1 fully saturated rings. The number of benzene rings is 1. The van der Waals surface area contributed by atoms with E-state index in [1.807, 2.05) is 0 Å². The number of halogens is 3. The molecule has 2 atom stereocenters. The topological polar surface area (TPSA) is 77.2 Å². The van der Waals surface area contributed by atoms with Crippen LogP contribution >= 0.6 is 0 Å². The van der Waals surface area contributed by atoms with Gasteiger partial charge < -0.3 is 14.6 Å². The Morgan fingerprint density at radius 2 is 1.89 bits per heavy atom. The van der Waals surface area contributed by atoms with Gasteiger partial charge in [-0.15, -0.1) is 0 Å². The van der Waals surface area contributed by atoms with Gasteiger partial charge in [-0.2, -0.15) is 18.2 Å². The van der Waals surface area contributed by atoms with Crippen molar-refractivity contribution in [3.05, 3.63) is 35.7 Å². The predicted molar refractivity (Wildman–Crippen MR) is 89.9 cm³/mol. The van der Waals surface area contributed by atoms with Crippen molar-refractivity contribution < 1.29 is 27.2 Å². The van der Waals surface area contributed by atoms with Gasteiger partial charge in [0.05, 0.1) is 12.1 Å². The Labute approximate surface area is 154 Å². The zero-order valence-corrected chi connectivity index (χ0v) is 14.8. The molecule has 146 valence electrons. The minimum atomic E-state index is -4.69. The molecule has 1 aromatic heterocycles. The summed E-state index contributed by atoms with van der Waals surface area (Å²) in [6, 6.07) is 5.96. The third-order valence-electron chi connectivity index (χ3n) is 4.65. The average Bonchev–Trinajstić information content (AvgIpc) is 3.05. The smallest absolute Gasteiger partial charge is 0.379 e. The summed E-state index contributed by atoms with van der Waals surface area (Å²) in [5.74, 6) is -1.84. The molecule has 27 heavy (non-hydrogen) atoms. The van der Waals surface area contributed by atoms with E-state index in [1.54, 1.807) is 7.11 Å². The molecular formula is C18H20F3N3O3. The molecule has 0 aliphatic heterocycles. The van der Waals surface area contributed by atoms with Crippen LogP contribution in [0.1, 0.15) is 48.4 Å². The molecule has 6 nitrogen and oxygen atoms in total. The molecule has 1 aromatic carbocycles. The number of hydrogen-bond donors (Lipinski definition) is 1. The van der Waals surface area contributed by atoms with Crippen molar-refractivity contribution in [3.63, 3.8) is 0 Å². The lowest BCUT2D eigenvalue weighted by Gasteiger charge is -2.25. The van der Waals surface area contributed by atoms with Crippen LogP contribution in [0.25, 0.3) is 11.4 Å². The van der Waals surface area contributed by atoms with Crippen LogP contribution in [0.3, 0.4) is 0 Å². The first-order valence-corrected chi connectivity index (χ1v) is 8.73. The van der Waals surface area contributed by atoms with E-state index in [0.717, 1.165) is 32.1 Å². The van der Waals surface area contributed by atoms with Crippen LogP contribution in [0.4, 0.5) is 13.2 Å². The summed E-state index contributed by atoms with van der Waals surface area (Å²) in [7, 11) is 1.64. The Morgan fingerprint density at radius 1 is 1.19 bits per heavy atom. The molecule has 0 unspecified atom stereocenters. The van der Waals surface area contributed by atoms with Crippen LogP contribution in [0.2, 0.25) is 0 Å². The van der Waals surface area contributed by atoms with Crippen LogP contribution in [0.5, 0.6) is 0 Å². The molecule has 1 aliphatic rings. The summed E-state index contributed by atoms with van der Waals surface area (Å²) in [6.45, 7) is 0. The third kappa shape index (κ3) is 4.65. The number of methoxy groups -OCH3 is 1. The first-order valence-electron chi connectivity index (χ1n) is 8.73. The van der Waals surface area contributed by atoms with Gasteiger partial charge in [0, 0.05) is 18.2 Å². The van der Waals surface area contributed by atoms with E-state index >= 15 is 0 Å². The Kier molecular flexibility index (Phi) is 5.79. The van der Waals surface area contributed by atoms with Gasteiger partial charge in [0.2, 0.25) is 5.82 Å². The van der Waals surface area contributed by atoms with Gasteiger partial charge in [-0.25, -0.2) is 0 Å². The van der Waals surface area contributed by atoms with Gasteiger partial charge in [0.25, 0.3) is 5.91 Å². The standard InChI is InChI=1S/C18H20F3N3O3/c1-26-14-6-4-2-3-5-13(14)22-16(25)12-9-7-11(8-10-12)15-23-17(27-24-15)18(19,20)21/h7-10,13-14H,2-6H2,1H3,(H,22,25)/t13-,14+/m0/s1. The van der Waals surface area contributed by atoms with Crippen LogP contribution in [0.15, 0.2) is 28.8 Å². The molecule has 1 aliphatic carbocycles. The molecule has 1 N–H and O–H groups in total. The number of hydrogen-bond acceptors (Lipinski definition) is 5. The van der Waals surface area contributed by atoms with Crippen LogP contribution < -0.4 is 5.32 Å². The molecule has 9 heteroatoms. The molecule has 0 spiro atoms. The lowest BCUT2D eigenvalue weighted by molar-refractivity contribution is -0.159. The second-order valence-electron chi connectivity index (χ2n) is 6.49. The van der Waals surface area contributed by atoms with E-state index in [0.29, 0.717) is 11.1 Å². The van der Waals surface area contributed by atoms with Crippen molar-refractivity contribution in [1.82, 2.24) is 15.5 Å². The molecular weight excluding hydrogens is 363 g/mol. The van der Waals surface area contributed by atoms with Gasteiger partial charge >= 0.3 is 12.1 Å². The van der Waals surface area contributed by atoms with E-state index in [-0.39, 0.29) is 23.9 Å². The number of alkyl halides is 3. The van der Waals surface area contributed by atoms with E-state index in [1.165, 1.54) is 24.3 Å². The van der Waals surface area contributed by atoms with Crippen molar-refractivity contribution in [2.75, 3.05) is 7.11 Å².